The first-order valence-electron chi connectivity index (χ1n) is 6.22. The van der Waals surface area contributed by atoms with Gasteiger partial charge in [0, 0.05) is 18.6 Å². The van der Waals surface area contributed by atoms with Crippen LogP contribution in [-0.2, 0) is 11.3 Å². The number of ether oxygens (including phenoxy) is 1. The molecule has 0 bridgehead atoms. The van der Waals surface area contributed by atoms with Crippen LogP contribution in [0, 0.1) is 6.92 Å². The lowest BCUT2D eigenvalue weighted by molar-refractivity contribution is 0.187. The maximum Gasteiger partial charge on any atom is 0.335 e. The van der Waals surface area contributed by atoms with Gasteiger partial charge in [0.1, 0.15) is 5.82 Å². The van der Waals surface area contributed by atoms with Crippen LogP contribution in [0.2, 0.25) is 0 Å². The molecule has 0 fully saturated rings. The second-order valence-corrected chi connectivity index (χ2v) is 5.11. The van der Waals surface area contributed by atoms with Gasteiger partial charge in [0.05, 0.1) is 24.2 Å². The monoisotopic (exact) mass is 290 g/mol. The average molecular weight is 290 g/mol. The number of imidazole rings is 1. The highest BCUT2D eigenvalue weighted by molar-refractivity contribution is 7.08. The highest BCUT2D eigenvalue weighted by Gasteiger charge is 2.16. The van der Waals surface area contributed by atoms with Crippen molar-refractivity contribution in [2.75, 3.05) is 13.7 Å². The summed E-state index contributed by atoms with van der Waals surface area (Å²) in [6.45, 7) is 2.82. The third-order valence-electron chi connectivity index (χ3n) is 3.06. The van der Waals surface area contributed by atoms with Crippen LogP contribution in [0.3, 0.4) is 0 Å². The molecule has 0 saturated heterocycles. The molecule has 0 unspecified atom stereocenters. The zero-order valence-corrected chi connectivity index (χ0v) is 12.1. The summed E-state index contributed by atoms with van der Waals surface area (Å²) in [6.07, 6.45) is 0. The van der Waals surface area contributed by atoms with Crippen molar-refractivity contribution in [3.8, 4) is 5.13 Å². The Balaban J connectivity index is 2.26. The molecule has 0 aliphatic heterocycles. The van der Waals surface area contributed by atoms with E-state index in [4.69, 9.17) is 4.74 Å². The summed E-state index contributed by atoms with van der Waals surface area (Å²) in [4.78, 5) is 16.9. The number of hydrogen-bond donors (Lipinski definition) is 0. The van der Waals surface area contributed by atoms with E-state index in [2.05, 4.69) is 9.36 Å². The number of methoxy groups -OCH3 is 1. The Morgan fingerprint density at radius 2 is 2.05 bits per heavy atom. The third kappa shape index (κ3) is 2.04. The molecule has 0 saturated carbocycles. The van der Waals surface area contributed by atoms with Crippen molar-refractivity contribution in [1.82, 2.24) is 18.5 Å². The van der Waals surface area contributed by atoms with Crippen molar-refractivity contribution in [1.29, 1.82) is 0 Å². The topological polar surface area (TPSA) is 61.9 Å². The molecule has 0 spiro atoms. The lowest BCUT2D eigenvalue weighted by Crippen LogP contribution is -2.24. The van der Waals surface area contributed by atoms with E-state index in [0.717, 1.165) is 11.0 Å². The lowest BCUT2D eigenvalue weighted by atomic mass is 10.3. The molecule has 0 atom stereocenters. The second kappa shape index (κ2) is 5.18. The number of hydrogen-bond acceptors (Lipinski definition) is 5. The van der Waals surface area contributed by atoms with E-state index in [0.29, 0.717) is 24.1 Å². The van der Waals surface area contributed by atoms with Gasteiger partial charge in [-0.25, -0.2) is 14.3 Å². The summed E-state index contributed by atoms with van der Waals surface area (Å²) in [6, 6.07) is 7.67. The number of aryl methyl sites for hydroxylation is 1. The van der Waals surface area contributed by atoms with Crippen LogP contribution in [0.4, 0.5) is 0 Å². The number of benzene rings is 1. The second-order valence-electron chi connectivity index (χ2n) is 4.38. The first-order valence-corrected chi connectivity index (χ1v) is 6.99. The van der Waals surface area contributed by atoms with Gasteiger partial charge in [0.25, 0.3) is 0 Å². The van der Waals surface area contributed by atoms with Crippen molar-refractivity contribution in [3.63, 3.8) is 0 Å². The van der Waals surface area contributed by atoms with Crippen LogP contribution in [0.25, 0.3) is 16.2 Å². The Hall–Kier alpha value is -1.99. The number of aromatic nitrogens is 4. The fraction of sp³-hybridized carbons (Fsp3) is 0.308. The van der Waals surface area contributed by atoms with Gasteiger partial charge in [0.2, 0.25) is 5.13 Å². The van der Waals surface area contributed by atoms with Gasteiger partial charge in [-0.05, 0) is 19.1 Å². The van der Waals surface area contributed by atoms with Crippen LogP contribution < -0.4 is 5.69 Å². The zero-order valence-electron chi connectivity index (χ0n) is 11.2. The van der Waals surface area contributed by atoms with Crippen molar-refractivity contribution < 1.29 is 4.74 Å². The molecule has 2 heterocycles. The van der Waals surface area contributed by atoms with Crippen molar-refractivity contribution >= 4 is 22.6 Å². The van der Waals surface area contributed by atoms with Gasteiger partial charge < -0.3 is 4.74 Å². The summed E-state index contributed by atoms with van der Waals surface area (Å²) in [5.74, 6) is 0.672. The molecule has 20 heavy (non-hydrogen) atoms. The highest BCUT2D eigenvalue weighted by Crippen LogP contribution is 2.18. The Morgan fingerprint density at radius 3 is 2.70 bits per heavy atom. The molecular weight excluding hydrogens is 276 g/mol. The Kier molecular flexibility index (Phi) is 3.37. The van der Waals surface area contributed by atoms with Crippen LogP contribution >= 0.6 is 11.5 Å². The molecule has 6 nitrogen and oxygen atoms in total. The highest BCUT2D eigenvalue weighted by atomic mass is 32.1. The minimum Gasteiger partial charge on any atom is -0.383 e. The fourth-order valence-electron chi connectivity index (χ4n) is 2.17. The predicted molar refractivity (Wildman–Crippen MR) is 77.6 cm³/mol. The van der Waals surface area contributed by atoms with Crippen LogP contribution in [0.1, 0.15) is 5.82 Å². The van der Waals surface area contributed by atoms with Crippen LogP contribution in [0.5, 0.6) is 0 Å². The van der Waals surface area contributed by atoms with Gasteiger partial charge >= 0.3 is 5.69 Å². The van der Waals surface area contributed by atoms with Crippen molar-refractivity contribution in [2.45, 2.75) is 13.5 Å². The van der Waals surface area contributed by atoms with Gasteiger partial charge in [-0.3, -0.25) is 4.57 Å². The SMILES string of the molecule is COCCn1c(=O)n(-c2nc(C)ns2)c2ccccc21. The molecule has 0 amide bonds. The summed E-state index contributed by atoms with van der Waals surface area (Å²) in [5, 5.41) is 0.597. The van der Waals surface area contributed by atoms with Gasteiger partial charge in [0.15, 0.2) is 0 Å². The van der Waals surface area contributed by atoms with E-state index in [9.17, 15) is 4.79 Å². The zero-order chi connectivity index (χ0) is 14.1. The Bertz CT molecular complexity index is 802. The molecule has 0 N–H and O–H groups in total. The van der Waals surface area contributed by atoms with E-state index in [1.54, 1.807) is 16.2 Å². The molecule has 0 aliphatic rings. The predicted octanol–water partition coefficient (Wildman–Crippen LogP) is 1.60. The average Bonchev–Trinajstić information content (AvgIpc) is 2.98. The summed E-state index contributed by atoms with van der Waals surface area (Å²) < 4.78 is 12.5. The molecule has 2 aromatic heterocycles. The first kappa shape index (κ1) is 13.0. The van der Waals surface area contributed by atoms with Gasteiger partial charge in [-0.15, -0.1) is 0 Å². The Labute approximate surface area is 119 Å². The first-order chi connectivity index (χ1) is 9.72. The smallest absolute Gasteiger partial charge is 0.335 e. The lowest BCUT2D eigenvalue weighted by Gasteiger charge is -2.00. The standard InChI is InChI=1S/C13H14N4O2S/c1-9-14-12(20-15-9)17-11-6-4-3-5-10(11)16(13(17)18)7-8-19-2/h3-6H,7-8H2,1-2H3. The molecular formula is C13H14N4O2S. The van der Waals surface area contributed by atoms with E-state index in [1.165, 1.54) is 11.5 Å². The Morgan fingerprint density at radius 1 is 1.30 bits per heavy atom. The van der Waals surface area contributed by atoms with E-state index in [-0.39, 0.29) is 5.69 Å². The van der Waals surface area contributed by atoms with Crippen LogP contribution in [-0.4, -0.2) is 32.2 Å². The van der Waals surface area contributed by atoms with Crippen molar-refractivity contribution in [2.24, 2.45) is 0 Å². The molecule has 0 radical (unpaired) electrons. The van der Waals surface area contributed by atoms with E-state index in [1.807, 2.05) is 31.2 Å². The third-order valence-corrected chi connectivity index (χ3v) is 3.86. The van der Waals surface area contributed by atoms with Crippen LogP contribution in [0.15, 0.2) is 29.1 Å². The summed E-state index contributed by atoms with van der Waals surface area (Å²) in [7, 11) is 1.62. The molecule has 0 aliphatic carbocycles. The largest absolute Gasteiger partial charge is 0.383 e. The number of para-hydroxylation sites is 2. The normalized spacial score (nSPS) is 11.3. The fourth-order valence-corrected chi connectivity index (χ4v) is 2.85. The van der Waals surface area contributed by atoms with E-state index >= 15 is 0 Å². The molecule has 1 aromatic carbocycles. The number of rotatable bonds is 4. The van der Waals surface area contributed by atoms with Gasteiger partial charge in [-0.1, -0.05) is 12.1 Å². The number of nitrogens with zero attached hydrogens (tertiary/aromatic N) is 4. The molecule has 3 rings (SSSR count). The summed E-state index contributed by atoms with van der Waals surface area (Å²) in [5.41, 5.74) is 1.60. The maximum atomic E-state index is 12.6. The van der Waals surface area contributed by atoms with E-state index < -0.39 is 0 Å². The van der Waals surface area contributed by atoms with Crippen molar-refractivity contribution in [3.05, 3.63) is 40.6 Å². The minimum absolute atomic E-state index is 0.112. The molecule has 3 aromatic rings. The number of fused-ring (bicyclic) bond motifs is 1. The minimum atomic E-state index is -0.112. The molecule has 104 valence electrons. The maximum absolute atomic E-state index is 12.6. The van der Waals surface area contributed by atoms with Gasteiger partial charge in [-0.2, -0.15) is 4.37 Å². The quantitative estimate of drug-likeness (QED) is 0.732. The summed E-state index contributed by atoms with van der Waals surface area (Å²) >= 11 is 1.23. The molecule has 7 heteroatoms.